The average Bonchev–Trinajstić information content (AvgIpc) is 3.35. The SMILES string of the molecule is NC(=O)C(=O)C[C@H]1CCc2sc3ncnc(OC4CCC(N5CCOCC5)CC4)c3c21. The summed E-state index contributed by atoms with van der Waals surface area (Å²) in [6.45, 7) is 3.71. The fourth-order valence-corrected chi connectivity index (χ4v) is 6.52. The van der Waals surface area contributed by atoms with Gasteiger partial charge in [-0.05, 0) is 50.0 Å². The molecule has 1 aliphatic heterocycles. The van der Waals surface area contributed by atoms with Crippen molar-refractivity contribution in [3.05, 3.63) is 16.8 Å². The fraction of sp³-hybridized carbons (Fsp3) is 0.636. The van der Waals surface area contributed by atoms with Crippen molar-refractivity contribution in [2.75, 3.05) is 26.3 Å². The van der Waals surface area contributed by atoms with Crippen molar-refractivity contribution in [1.82, 2.24) is 14.9 Å². The van der Waals surface area contributed by atoms with Crippen LogP contribution in [-0.4, -0.2) is 65.0 Å². The van der Waals surface area contributed by atoms with Crippen molar-refractivity contribution in [2.24, 2.45) is 5.73 Å². The standard InChI is InChI=1S/C22H28N4O4S/c23-20(28)16(27)11-13-1-6-17-18(13)19-21(24-12-25-22(19)31-17)30-15-4-2-14(3-5-15)26-7-9-29-10-8-26/h12-15H,1-11H2,(H2,23,28)/t13-,14?,15?/m1/s1. The van der Waals surface area contributed by atoms with E-state index in [0.717, 1.165) is 80.6 Å². The third-order valence-corrected chi connectivity index (χ3v) is 8.06. The zero-order chi connectivity index (χ0) is 21.4. The van der Waals surface area contributed by atoms with Crippen LogP contribution in [0.25, 0.3) is 10.2 Å². The Morgan fingerprint density at radius 1 is 1.16 bits per heavy atom. The van der Waals surface area contributed by atoms with Crippen LogP contribution in [0.1, 0.15) is 54.9 Å². The molecule has 5 rings (SSSR count). The molecule has 2 aromatic heterocycles. The molecule has 0 unspecified atom stereocenters. The van der Waals surface area contributed by atoms with Crippen molar-refractivity contribution >= 4 is 33.2 Å². The van der Waals surface area contributed by atoms with Gasteiger partial charge < -0.3 is 15.2 Å². The minimum atomic E-state index is -0.863. The number of nitrogens with zero attached hydrogens (tertiary/aromatic N) is 3. The lowest BCUT2D eigenvalue weighted by Crippen LogP contribution is -2.46. The highest BCUT2D eigenvalue weighted by atomic mass is 32.1. The number of morpholine rings is 1. The highest BCUT2D eigenvalue weighted by Crippen LogP contribution is 2.47. The van der Waals surface area contributed by atoms with Crippen LogP contribution in [-0.2, 0) is 20.7 Å². The maximum absolute atomic E-state index is 12.0. The van der Waals surface area contributed by atoms with Crippen LogP contribution in [0.4, 0.5) is 0 Å². The zero-order valence-electron chi connectivity index (χ0n) is 17.5. The molecule has 9 heteroatoms. The number of carbonyl (C=O) groups excluding carboxylic acids is 2. The molecule has 166 valence electrons. The summed E-state index contributed by atoms with van der Waals surface area (Å²) in [4.78, 5) is 36.9. The monoisotopic (exact) mass is 444 g/mol. The third-order valence-electron chi connectivity index (χ3n) is 6.89. The van der Waals surface area contributed by atoms with Crippen molar-refractivity contribution in [3.63, 3.8) is 0 Å². The molecule has 2 aromatic rings. The summed E-state index contributed by atoms with van der Waals surface area (Å²) in [6, 6.07) is 0.615. The van der Waals surface area contributed by atoms with E-state index in [2.05, 4.69) is 14.9 Å². The second kappa shape index (κ2) is 8.80. The lowest BCUT2D eigenvalue weighted by Gasteiger charge is -2.38. The molecule has 2 aliphatic carbocycles. The van der Waals surface area contributed by atoms with E-state index in [9.17, 15) is 9.59 Å². The molecule has 1 saturated heterocycles. The molecule has 1 atom stereocenters. The van der Waals surface area contributed by atoms with Gasteiger partial charge in [-0.2, -0.15) is 0 Å². The number of nitrogens with two attached hydrogens (primary N) is 1. The number of ketones is 1. The second-order valence-electron chi connectivity index (χ2n) is 8.72. The summed E-state index contributed by atoms with van der Waals surface area (Å²) in [5.74, 6) is -0.777. The number of aryl methyl sites for hydroxylation is 1. The van der Waals surface area contributed by atoms with Gasteiger partial charge in [-0.1, -0.05) is 0 Å². The number of Topliss-reactive ketones (excluding diaryl/α,β-unsaturated/α-hetero) is 1. The Morgan fingerprint density at radius 3 is 2.68 bits per heavy atom. The average molecular weight is 445 g/mol. The number of thiophene rings is 1. The third kappa shape index (κ3) is 4.18. The predicted molar refractivity (Wildman–Crippen MR) is 116 cm³/mol. The Kier molecular flexibility index (Phi) is 5.90. The van der Waals surface area contributed by atoms with Crippen LogP contribution in [0.5, 0.6) is 5.88 Å². The van der Waals surface area contributed by atoms with Gasteiger partial charge in [-0.15, -0.1) is 11.3 Å². The molecule has 0 radical (unpaired) electrons. The van der Waals surface area contributed by atoms with E-state index in [-0.39, 0.29) is 18.4 Å². The van der Waals surface area contributed by atoms with Crippen LogP contribution in [0.2, 0.25) is 0 Å². The quantitative estimate of drug-likeness (QED) is 0.681. The molecule has 31 heavy (non-hydrogen) atoms. The number of primary amides is 1. The van der Waals surface area contributed by atoms with Crippen LogP contribution >= 0.6 is 11.3 Å². The summed E-state index contributed by atoms with van der Waals surface area (Å²) in [7, 11) is 0. The summed E-state index contributed by atoms with van der Waals surface area (Å²) in [5, 5.41) is 0.928. The predicted octanol–water partition coefficient (Wildman–Crippen LogP) is 2.19. The molecule has 3 heterocycles. The van der Waals surface area contributed by atoms with E-state index in [1.165, 1.54) is 4.88 Å². The molecule has 2 fully saturated rings. The van der Waals surface area contributed by atoms with Crippen molar-refractivity contribution in [2.45, 2.75) is 63.0 Å². The molecule has 2 N–H and O–H groups in total. The Morgan fingerprint density at radius 2 is 1.94 bits per heavy atom. The zero-order valence-corrected chi connectivity index (χ0v) is 18.4. The van der Waals surface area contributed by atoms with Gasteiger partial charge in [0.05, 0.1) is 18.6 Å². The maximum Gasteiger partial charge on any atom is 0.284 e. The topological polar surface area (TPSA) is 108 Å². The Labute approximate surface area is 185 Å². The first kappa shape index (κ1) is 20.8. The van der Waals surface area contributed by atoms with E-state index in [4.69, 9.17) is 15.2 Å². The van der Waals surface area contributed by atoms with Gasteiger partial charge >= 0.3 is 0 Å². The second-order valence-corrected chi connectivity index (χ2v) is 9.81. The maximum atomic E-state index is 12.0. The number of ether oxygens (including phenoxy) is 2. The van der Waals surface area contributed by atoms with Crippen LogP contribution < -0.4 is 10.5 Å². The molecular weight excluding hydrogens is 416 g/mol. The van der Waals surface area contributed by atoms with Crippen LogP contribution in [0.3, 0.4) is 0 Å². The first-order valence-electron chi connectivity index (χ1n) is 11.2. The number of carbonyl (C=O) groups is 2. The van der Waals surface area contributed by atoms with Gasteiger partial charge in [0.1, 0.15) is 17.3 Å². The van der Waals surface area contributed by atoms with Crippen LogP contribution in [0, 0.1) is 0 Å². The Balaban J connectivity index is 1.32. The molecule has 8 nitrogen and oxygen atoms in total. The molecule has 0 aromatic carbocycles. The van der Waals surface area contributed by atoms with E-state index < -0.39 is 11.7 Å². The minimum absolute atomic E-state index is 0.0193. The van der Waals surface area contributed by atoms with Crippen molar-refractivity contribution in [1.29, 1.82) is 0 Å². The van der Waals surface area contributed by atoms with Gasteiger partial charge in [0.2, 0.25) is 11.7 Å². The minimum Gasteiger partial charge on any atom is -0.474 e. The summed E-state index contributed by atoms with van der Waals surface area (Å²) < 4.78 is 11.9. The normalized spacial score (nSPS) is 26.6. The van der Waals surface area contributed by atoms with E-state index >= 15 is 0 Å². The highest BCUT2D eigenvalue weighted by molar-refractivity contribution is 7.19. The van der Waals surface area contributed by atoms with E-state index in [1.807, 2.05) is 0 Å². The highest BCUT2D eigenvalue weighted by Gasteiger charge is 2.33. The van der Waals surface area contributed by atoms with Gasteiger partial charge in [-0.25, -0.2) is 9.97 Å². The molecule has 0 spiro atoms. The fourth-order valence-electron chi connectivity index (χ4n) is 5.29. The lowest BCUT2D eigenvalue weighted by atomic mass is 9.91. The van der Waals surface area contributed by atoms with Gasteiger partial charge in [-0.3, -0.25) is 14.5 Å². The Bertz CT molecular complexity index is 979. The van der Waals surface area contributed by atoms with E-state index in [1.54, 1.807) is 17.7 Å². The van der Waals surface area contributed by atoms with Crippen LogP contribution in [0.15, 0.2) is 6.33 Å². The first-order valence-corrected chi connectivity index (χ1v) is 12.0. The number of aromatic nitrogens is 2. The molecule has 1 amide bonds. The number of amides is 1. The summed E-state index contributed by atoms with van der Waals surface area (Å²) in [5.41, 5.74) is 6.29. The van der Waals surface area contributed by atoms with Crippen molar-refractivity contribution in [3.8, 4) is 5.88 Å². The van der Waals surface area contributed by atoms with E-state index in [0.29, 0.717) is 11.9 Å². The number of hydrogen-bond acceptors (Lipinski definition) is 8. The summed E-state index contributed by atoms with van der Waals surface area (Å²) in [6.07, 6.45) is 7.82. The van der Waals surface area contributed by atoms with Gasteiger partial charge in [0, 0.05) is 30.4 Å². The number of fused-ring (bicyclic) bond motifs is 3. The largest absolute Gasteiger partial charge is 0.474 e. The number of hydrogen-bond donors (Lipinski definition) is 1. The summed E-state index contributed by atoms with van der Waals surface area (Å²) >= 11 is 1.64. The molecule has 1 saturated carbocycles. The molecule has 0 bridgehead atoms. The molecular formula is C22H28N4O4S. The van der Waals surface area contributed by atoms with Gasteiger partial charge in [0.15, 0.2) is 0 Å². The Hall–Kier alpha value is -2.10. The lowest BCUT2D eigenvalue weighted by molar-refractivity contribution is -0.136. The van der Waals surface area contributed by atoms with Crippen molar-refractivity contribution < 1.29 is 19.1 Å². The first-order chi connectivity index (χ1) is 15.1. The molecule has 3 aliphatic rings. The van der Waals surface area contributed by atoms with Gasteiger partial charge in [0.25, 0.3) is 5.91 Å². The number of rotatable bonds is 6. The smallest absolute Gasteiger partial charge is 0.284 e.